The van der Waals surface area contributed by atoms with Crippen LogP contribution in [0, 0.1) is 12.8 Å². The molecular formula is C18H21N5O2. The third-order valence-electron chi connectivity index (χ3n) is 4.70. The Kier molecular flexibility index (Phi) is 4.29. The Morgan fingerprint density at radius 1 is 1.20 bits per heavy atom. The molecule has 0 spiro atoms. The molecule has 0 N–H and O–H groups in total. The zero-order valence-corrected chi connectivity index (χ0v) is 14.3. The van der Waals surface area contributed by atoms with Crippen LogP contribution in [0.5, 0.6) is 5.88 Å². The molecule has 1 saturated carbocycles. The zero-order chi connectivity index (χ0) is 17.2. The summed E-state index contributed by atoms with van der Waals surface area (Å²) in [5, 5.41) is 8.36. The van der Waals surface area contributed by atoms with Crippen LogP contribution in [0.4, 0.5) is 0 Å². The van der Waals surface area contributed by atoms with Crippen molar-refractivity contribution in [1.82, 2.24) is 25.1 Å². The fraction of sp³-hybridized carbons (Fsp3) is 0.500. The first-order chi connectivity index (χ1) is 12.2. The predicted molar refractivity (Wildman–Crippen MR) is 90.3 cm³/mol. The van der Waals surface area contributed by atoms with Crippen LogP contribution in [0.15, 0.2) is 24.5 Å². The molecule has 0 bridgehead atoms. The molecule has 0 aromatic carbocycles. The summed E-state index contributed by atoms with van der Waals surface area (Å²) in [5.74, 6) is 1.38. The zero-order valence-electron chi connectivity index (χ0n) is 14.3. The Morgan fingerprint density at radius 3 is 2.76 bits per heavy atom. The van der Waals surface area contributed by atoms with E-state index in [9.17, 15) is 4.79 Å². The smallest absolute Gasteiger partial charge is 0.274 e. The van der Waals surface area contributed by atoms with Crippen molar-refractivity contribution in [1.29, 1.82) is 0 Å². The highest BCUT2D eigenvalue weighted by molar-refractivity contribution is 5.92. The molecule has 130 valence electrons. The average Bonchev–Trinajstić information content (AvgIpc) is 3.38. The number of carbonyl (C=O) groups excluding carboxylic acids is 1. The number of carbonyl (C=O) groups is 1. The number of hydrogen-bond acceptors (Lipinski definition) is 6. The van der Waals surface area contributed by atoms with Gasteiger partial charge in [0.2, 0.25) is 5.88 Å². The lowest BCUT2D eigenvalue weighted by Gasteiger charge is -2.16. The standard InChI is InChI=1S/C18H21N5O2/c1-12-8-20-16(9-19-12)18(24)23-7-6-13(10-23)11-25-17-5-4-15(21-22-17)14-2-3-14/h4-5,8-9,13-14H,2-3,6-7,10-11H2,1H3. The van der Waals surface area contributed by atoms with Gasteiger partial charge in [-0.25, -0.2) is 4.98 Å². The molecule has 1 aliphatic heterocycles. The van der Waals surface area contributed by atoms with Crippen LogP contribution >= 0.6 is 0 Å². The number of aromatic nitrogens is 4. The molecule has 2 aliphatic rings. The van der Waals surface area contributed by atoms with Gasteiger partial charge in [-0.3, -0.25) is 9.78 Å². The third-order valence-corrected chi connectivity index (χ3v) is 4.70. The second kappa shape index (κ2) is 6.74. The van der Waals surface area contributed by atoms with E-state index in [0.717, 1.165) is 17.8 Å². The number of likely N-dealkylation sites (tertiary alicyclic amines) is 1. The van der Waals surface area contributed by atoms with Gasteiger partial charge in [-0.05, 0) is 32.3 Å². The molecule has 0 radical (unpaired) electrons. The van der Waals surface area contributed by atoms with Gasteiger partial charge in [0.15, 0.2) is 0 Å². The molecule has 1 amide bonds. The van der Waals surface area contributed by atoms with E-state index < -0.39 is 0 Å². The van der Waals surface area contributed by atoms with Crippen molar-refractivity contribution in [3.05, 3.63) is 41.6 Å². The highest BCUT2D eigenvalue weighted by Gasteiger charge is 2.28. The molecule has 1 saturated heterocycles. The number of amides is 1. The van der Waals surface area contributed by atoms with Gasteiger partial charge in [0.05, 0.1) is 24.2 Å². The fourth-order valence-electron chi connectivity index (χ4n) is 3.03. The van der Waals surface area contributed by atoms with E-state index in [-0.39, 0.29) is 5.91 Å². The lowest BCUT2D eigenvalue weighted by molar-refractivity contribution is 0.0776. The largest absolute Gasteiger partial charge is 0.476 e. The topological polar surface area (TPSA) is 81.1 Å². The summed E-state index contributed by atoms with van der Waals surface area (Å²) in [6, 6.07) is 3.89. The first-order valence-corrected chi connectivity index (χ1v) is 8.73. The molecule has 2 fully saturated rings. The number of ether oxygens (including phenoxy) is 1. The number of hydrogen-bond donors (Lipinski definition) is 0. The quantitative estimate of drug-likeness (QED) is 0.829. The Labute approximate surface area is 146 Å². The molecule has 1 unspecified atom stereocenters. The number of nitrogens with zero attached hydrogens (tertiary/aromatic N) is 5. The first-order valence-electron chi connectivity index (χ1n) is 8.73. The van der Waals surface area contributed by atoms with Gasteiger partial charge in [0, 0.05) is 37.2 Å². The van der Waals surface area contributed by atoms with Gasteiger partial charge in [-0.15, -0.1) is 5.10 Å². The van der Waals surface area contributed by atoms with Crippen molar-refractivity contribution in [2.24, 2.45) is 5.92 Å². The molecule has 7 heteroatoms. The van der Waals surface area contributed by atoms with Gasteiger partial charge in [0.25, 0.3) is 5.91 Å². The Morgan fingerprint density at radius 2 is 2.08 bits per heavy atom. The second-order valence-electron chi connectivity index (χ2n) is 6.83. The Bertz CT molecular complexity index is 743. The monoisotopic (exact) mass is 339 g/mol. The Hall–Kier alpha value is -2.57. The van der Waals surface area contributed by atoms with Crippen molar-refractivity contribution < 1.29 is 9.53 Å². The third kappa shape index (κ3) is 3.75. The van der Waals surface area contributed by atoms with Crippen molar-refractivity contribution >= 4 is 5.91 Å². The van der Waals surface area contributed by atoms with E-state index in [1.165, 1.54) is 12.8 Å². The van der Waals surface area contributed by atoms with Gasteiger partial charge >= 0.3 is 0 Å². The molecular weight excluding hydrogens is 318 g/mol. The number of rotatable bonds is 5. The summed E-state index contributed by atoms with van der Waals surface area (Å²) in [6.07, 6.45) is 6.50. The summed E-state index contributed by atoms with van der Waals surface area (Å²) in [4.78, 5) is 22.6. The summed E-state index contributed by atoms with van der Waals surface area (Å²) in [7, 11) is 0. The van der Waals surface area contributed by atoms with Crippen LogP contribution in [0.1, 0.15) is 47.1 Å². The average molecular weight is 339 g/mol. The highest BCUT2D eigenvalue weighted by atomic mass is 16.5. The summed E-state index contributed by atoms with van der Waals surface area (Å²) in [5.41, 5.74) is 2.26. The van der Waals surface area contributed by atoms with E-state index in [1.54, 1.807) is 12.4 Å². The Balaban J connectivity index is 1.28. The van der Waals surface area contributed by atoms with Crippen molar-refractivity contribution in [2.75, 3.05) is 19.7 Å². The van der Waals surface area contributed by atoms with Crippen LogP contribution in [-0.2, 0) is 0 Å². The molecule has 1 aliphatic carbocycles. The second-order valence-corrected chi connectivity index (χ2v) is 6.83. The lowest BCUT2D eigenvalue weighted by atomic mass is 10.1. The summed E-state index contributed by atoms with van der Waals surface area (Å²) in [6.45, 7) is 3.78. The summed E-state index contributed by atoms with van der Waals surface area (Å²) >= 11 is 0. The molecule has 3 heterocycles. The van der Waals surface area contributed by atoms with E-state index in [4.69, 9.17) is 4.74 Å². The summed E-state index contributed by atoms with van der Waals surface area (Å²) < 4.78 is 5.76. The SMILES string of the molecule is Cc1cnc(C(=O)N2CCC(COc3ccc(C4CC4)nn3)C2)cn1. The molecule has 4 rings (SSSR count). The van der Waals surface area contributed by atoms with Crippen molar-refractivity contribution in [3.63, 3.8) is 0 Å². The normalized spacial score (nSPS) is 19.9. The van der Waals surface area contributed by atoms with Crippen LogP contribution in [0.25, 0.3) is 0 Å². The predicted octanol–water partition coefficient (Wildman–Crippen LogP) is 1.99. The molecule has 2 aromatic heterocycles. The molecule has 2 aromatic rings. The van der Waals surface area contributed by atoms with E-state index >= 15 is 0 Å². The van der Waals surface area contributed by atoms with Gasteiger partial charge in [-0.2, -0.15) is 5.10 Å². The minimum absolute atomic E-state index is 0.0661. The van der Waals surface area contributed by atoms with Crippen LogP contribution in [0.2, 0.25) is 0 Å². The van der Waals surface area contributed by atoms with Gasteiger partial charge < -0.3 is 9.64 Å². The molecule has 7 nitrogen and oxygen atoms in total. The maximum atomic E-state index is 12.4. The molecule has 25 heavy (non-hydrogen) atoms. The number of aryl methyl sites for hydroxylation is 1. The van der Waals surface area contributed by atoms with E-state index in [2.05, 4.69) is 20.2 Å². The van der Waals surface area contributed by atoms with E-state index in [0.29, 0.717) is 43.1 Å². The fourth-order valence-corrected chi connectivity index (χ4v) is 3.03. The van der Waals surface area contributed by atoms with Crippen molar-refractivity contribution in [2.45, 2.75) is 32.1 Å². The van der Waals surface area contributed by atoms with Gasteiger partial charge in [0.1, 0.15) is 5.69 Å². The highest BCUT2D eigenvalue weighted by Crippen LogP contribution is 2.38. The minimum atomic E-state index is -0.0661. The van der Waals surface area contributed by atoms with Gasteiger partial charge in [-0.1, -0.05) is 0 Å². The van der Waals surface area contributed by atoms with Crippen LogP contribution in [0.3, 0.4) is 0 Å². The maximum absolute atomic E-state index is 12.4. The van der Waals surface area contributed by atoms with E-state index in [1.807, 2.05) is 24.0 Å². The van der Waals surface area contributed by atoms with Crippen LogP contribution in [-0.4, -0.2) is 50.7 Å². The van der Waals surface area contributed by atoms with Crippen LogP contribution < -0.4 is 4.74 Å². The maximum Gasteiger partial charge on any atom is 0.274 e. The first kappa shape index (κ1) is 15.9. The minimum Gasteiger partial charge on any atom is -0.476 e. The van der Waals surface area contributed by atoms with Crippen molar-refractivity contribution in [3.8, 4) is 5.88 Å². The lowest BCUT2D eigenvalue weighted by Crippen LogP contribution is -2.30. The molecule has 1 atom stereocenters.